The summed E-state index contributed by atoms with van der Waals surface area (Å²) in [5.41, 5.74) is 1.97. The molecular formula is C13H19NOS2. The van der Waals surface area contributed by atoms with Gasteiger partial charge >= 0.3 is 0 Å². The van der Waals surface area contributed by atoms with Crippen molar-refractivity contribution in [2.24, 2.45) is 0 Å². The van der Waals surface area contributed by atoms with E-state index in [0.29, 0.717) is 0 Å². The summed E-state index contributed by atoms with van der Waals surface area (Å²) in [4.78, 5) is 0. The van der Waals surface area contributed by atoms with Crippen LogP contribution in [0.15, 0.2) is 28.8 Å². The minimum Gasteiger partial charge on any atom is -0.356 e. The van der Waals surface area contributed by atoms with E-state index >= 15 is 0 Å². The average molecular weight is 269 g/mol. The Morgan fingerprint density at radius 3 is 2.76 bits per heavy atom. The summed E-state index contributed by atoms with van der Waals surface area (Å²) in [7, 11) is -0.372. The summed E-state index contributed by atoms with van der Waals surface area (Å²) in [6, 6.07) is 8.06. The van der Waals surface area contributed by atoms with Crippen LogP contribution in [0.3, 0.4) is 0 Å². The normalized spacial score (nSPS) is 13.1. The molecule has 0 aliphatic rings. The predicted molar refractivity (Wildman–Crippen MR) is 80.4 cm³/mol. The molecule has 0 saturated carbocycles. The highest BCUT2D eigenvalue weighted by atomic mass is 32.3. The molecule has 94 valence electrons. The van der Waals surface area contributed by atoms with Crippen LogP contribution in [0.25, 0.3) is 11.0 Å². The third-order valence-electron chi connectivity index (χ3n) is 2.53. The van der Waals surface area contributed by atoms with Crippen molar-refractivity contribution in [2.75, 3.05) is 30.3 Å². The molecule has 0 saturated heterocycles. The van der Waals surface area contributed by atoms with E-state index in [0.717, 1.165) is 22.4 Å². The first-order valence-corrected chi connectivity index (χ1v) is 9.81. The van der Waals surface area contributed by atoms with Crippen molar-refractivity contribution in [1.29, 1.82) is 0 Å². The van der Waals surface area contributed by atoms with Gasteiger partial charge in [0.05, 0.1) is 0 Å². The van der Waals surface area contributed by atoms with Gasteiger partial charge in [-0.15, -0.1) is 0 Å². The first-order valence-electron chi connectivity index (χ1n) is 5.63. The molecule has 4 heteroatoms. The van der Waals surface area contributed by atoms with E-state index < -0.39 is 0 Å². The quantitative estimate of drug-likeness (QED) is 0.773. The number of thioether (sulfide) groups is 1. The maximum Gasteiger partial charge on any atom is 0.167 e. The molecule has 0 fully saturated rings. The molecule has 1 aromatic carbocycles. The Hall–Kier alpha value is -0.610. The van der Waals surface area contributed by atoms with Crippen molar-refractivity contribution in [3.05, 3.63) is 30.0 Å². The summed E-state index contributed by atoms with van der Waals surface area (Å²) < 4.78 is 5.29. The lowest BCUT2D eigenvalue weighted by atomic mass is 10.2. The van der Waals surface area contributed by atoms with Gasteiger partial charge in [-0.2, -0.15) is 11.8 Å². The van der Waals surface area contributed by atoms with Gasteiger partial charge in [-0.1, -0.05) is 17.3 Å². The molecule has 0 amide bonds. The van der Waals surface area contributed by atoms with E-state index in [9.17, 15) is 0 Å². The fourth-order valence-corrected chi connectivity index (χ4v) is 4.54. The zero-order valence-electron chi connectivity index (χ0n) is 10.6. The first-order chi connectivity index (χ1) is 8.06. The van der Waals surface area contributed by atoms with Gasteiger partial charge in [0.15, 0.2) is 5.58 Å². The number of hydrogen-bond donors (Lipinski definition) is 0. The fourth-order valence-electron chi connectivity index (χ4n) is 1.52. The van der Waals surface area contributed by atoms with E-state index in [-0.39, 0.29) is 10.0 Å². The molecule has 0 unspecified atom stereocenters. The Bertz CT molecular complexity index is 487. The molecule has 0 spiro atoms. The molecule has 0 aliphatic heterocycles. The third kappa shape index (κ3) is 3.68. The maximum atomic E-state index is 5.29. The fraction of sp³-hybridized carbons (Fsp3) is 0.462. The number of hydrogen-bond acceptors (Lipinski definition) is 3. The summed E-state index contributed by atoms with van der Waals surface area (Å²) in [6.45, 7) is 0. The van der Waals surface area contributed by atoms with Crippen LogP contribution in [0.1, 0.15) is 5.69 Å². The zero-order valence-corrected chi connectivity index (χ0v) is 12.2. The van der Waals surface area contributed by atoms with Crippen LogP contribution in [0.5, 0.6) is 0 Å². The van der Waals surface area contributed by atoms with Crippen LogP contribution < -0.4 is 0 Å². The van der Waals surface area contributed by atoms with E-state index in [1.807, 2.05) is 30.0 Å². The van der Waals surface area contributed by atoms with Crippen LogP contribution in [0.4, 0.5) is 0 Å². The molecule has 1 aromatic heterocycles. The molecular weight excluding hydrogens is 250 g/mol. The van der Waals surface area contributed by atoms with Crippen molar-refractivity contribution in [3.8, 4) is 0 Å². The monoisotopic (exact) mass is 269 g/mol. The predicted octanol–water partition coefficient (Wildman–Crippen LogP) is 3.76. The molecule has 2 aromatic rings. The van der Waals surface area contributed by atoms with Crippen LogP contribution in [0, 0.1) is 0 Å². The van der Waals surface area contributed by atoms with Crippen molar-refractivity contribution >= 4 is 32.8 Å². The first kappa shape index (κ1) is 12.8. The molecule has 2 rings (SSSR count). The number of nitrogens with zero attached hydrogens (tertiary/aromatic N) is 1. The largest absolute Gasteiger partial charge is 0.356 e. The van der Waals surface area contributed by atoms with Gasteiger partial charge in [0, 0.05) is 16.9 Å². The Kier molecular flexibility index (Phi) is 4.05. The molecule has 0 aliphatic carbocycles. The molecule has 0 radical (unpaired) electrons. The van der Waals surface area contributed by atoms with Crippen molar-refractivity contribution in [3.63, 3.8) is 0 Å². The Balaban J connectivity index is 1.91. The number of benzene rings is 1. The van der Waals surface area contributed by atoms with Crippen molar-refractivity contribution in [2.45, 2.75) is 5.75 Å². The second kappa shape index (κ2) is 5.36. The van der Waals surface area contributed by atoms with Crippen LogP contribution >= 0.6 is 21.8 Å². The Morgan fingerprint density at radius 1 is 1.24 bits per heavy atom. The third-order valence-corrected chi connectivity index (χ3v) is 5.19. The molecule has 2 nitrogen and oxygen atoms in total. The topological polar surface area (TPSA) is 26.0 Å². The summed E-state index contributed by atoms with van der Waals surface area (Å²) in [5, 5.41) is 5.30. The smallest absolute Gasteiger partial charge is 0.167 e. The molecule has 1 heterocycles. The highest BCUT2D eigenvalue weighted by Gasteiger charge is 2.08. The summed E-state index contributed by atoms with van der Waals surface area (Å²) in [6.07, 6.45) is 7.08. The van der Waals surface area contributed by atoms with E-state index in [1.54, 1.807) is 0 Å². The van der Waals surface area contributed by atoms with Gasteiger partial charge in [0.1, 0.15) is 5.69 Å². The second-order valence-electron chi connectivity index (χ2n) is 4.97. The standard InChI is InChI=1S/C13H19NOS2/c1-17(2,3)9-8-16-10-12-11-6-4-5-7-13(11)15-14-12/h4-7H,8-10H2,1-3H3. The van der Waals surface area contributed by atoms with Gasteiger partial charge in [0.25, 0.3) is 0 Å². The molecule has 0 bridgehead atoms. The van der Waals surface area contributed by atoms with Crippen LogP contribution in [0.2, 0.25) is 0 Å². The van der Waals surface area contributed by atoms with E-state index in [2.05, 4.69) is 30.0 Å². The molecule has 0 N–H and O–H groups in total. The van der Waals surface area contributed by atoms with Crippen molar-refractivity contribution in [1.82, 2.24) is 5.16 Å². The minimum atomic E-state index is -0.372. The van der Waals surface area contributed by atoms with Crippen molar-refractivity contribution < 1.29 is 4.52 Å². The number of rotatable bonds is 5. The lowest BCUT2D eigenvalue weighted by Gasteiger charge is -2.24. The van der Waals surface area contributed by atoms with Gasteiger partial charge in [-0.25, -0.2) is 10.0 Å². The maximum absolute atomic E-state index is 5.29. The summed E-state index contributed by atoms with van der Waals surface area (Å²) >= 11 is 1.95. The Morgan fingerprint density at radius 2 is 2.00 bits per heavy atom. The highest BCUT2D eigenvalue weighted by Crippen LogP contribution is 2.35. The summed E-state index contributed by atoms with van der Waals surface area (Å²) in [5.74, 6) is 3.47. The molecule has 17 heavy (non-hydrogen) atoms. The Labute approximate surface area is 108 Å². The highest BCUT2D eigenvalue weighted by molar-refractivity contribution is 8.32. The average Bonchev–Trinajstić information content (AvgIpc) is 2.67. The number of aromatic nitrogens is 1. The van der Waals surface area contributed by atoms with Crippen LogP contribution in [-0.2, 0) is 5.75 Å². The second-order valence-corrected chi connectivity index (χ2v) is 10.7. The lowest BCUT2D eigenvalue weighted by molar-refractivity contribution is 0.449. The van der Waals surface area contributed by atoms with Gasteiger partial charge in [-0.05, 0) is 36.7 Å². The minimum absolute atomic E-state index is 0.372. The molecule has 0 atom stereocenters. The number of fused-ring (bicyclic) bond motifs is 1. The zero-order chi connectivity index (χ0) is 12.3. The van der Waals surface area contributed by atoms with Gasteiger partial charge in [-0.3, -0.25) is 0 Å². The van der Waals surface area contributed by atoms with E-state index in [4.69, 9.17) is 4.52 Å². The van der Waals surface area contributed by atoms with E-state index in [1.165, 1.54) is 11.5 Å². The SMILES string of the molecule is CS(C)(C)CCSCc1noc2ccccc12. The number of para-hydroxylation sites is 1. The van der Waals surface area contributed by atoms with Gasteiger partial charge in [0.2, 0.25) is 0 Å². The van der Waals surface area contributed by atoms with Crippen LogP contribution in [-0.4, -0.2) is 35.4 Å². The van der Waals surface area contributed by atoms with Gasteiger partial charge < -0.3 is 4.52 Å². The lowest BCUT2D eigenvalue weighted by Crippen LogP contribution is -2.01.